The molecule has 0 aliphatic rings. The van der Waals surface area contributed by atoms with Crippen LogP contribution in [0, 0.1) is 10.6 Å². The molecule has 0 saturated carbocycles. The molecule has 3 rings (SSSR count). The Labute approximate surface area is 162 Å². The van der Waals surface area contributed by atoms with Crippen molar-refractivity contribution in [3.05, 3.63) is 64.7 Å². The molecule has 27 heavy (non-hydrogen) atoms. The predicted molar refractivity (Wildman–Crippen MR) is 107 cm³/mol. The van der Waals surface area contributed by atoms with Crippen molar-refractivity contribution >= 4 is 18.4 Å². The first-order valence-corrected chi connectivity index (χ1v) is 9.29. The third-order valence-electron chi connectivity index (χ3n) is 3.95. The van der Waals surface area contributed by atoms with Gasteiger partial charge in [0, 0.05) is 5.56 Å². The van der Waals surface area contributed by atoms with Gasteiger partial charge in [-0.15, -0.1) is 0 Å². The van der Waals surface area contributed by atoms with E-state index in [2.05, 4.69) is 22.2 Å². The van der Waals surface area contributed by atoms with Gasteiger partial charge in [0.05, 0.1) is 12.8 Å². The molecule has 0 radical (unpaired) electrons. The number of hydrogen-bond donors (Lipinski definition) is 1. The van der Waals surface area contributed by atoms with Crippen molar-refractivity contribution in [1.82, 2.24) is 14.9 Å². The number of unbranched alkanes of at least 4 members (excludes halogenated alkanes) is 2. The van der Waals surface area contributed by atoms with Gasteiger partial charge in [0.15, 0.2) is 5.82 Å². The SMILES string of the molecule is CCCCCOc1ccc(/C=N\n2c(-c3cccc(F)c3)n[nH]c2=S)cc1. The molecule has 0 amide bonds. The van der Waals surface area contributed by atoms with Crippen molar-refractivity contribution < 1.29 is 9.13 Å². The van der Waals surface area contributed by atoms with Crippen molar-refractivity contribution in [2.24, 2.45) is 5.10 Å². The van der Waals surface area contributed by atoms with E-state index in [1.807, 2.05) is 24.3 Å². The molecule has 0 spiro atoms. The van der Waals surface area contributed by atoms with Crippen molar-refractivity contribution in [3.63, 3.8) is 0 Å². The van der Waals surface area contributed by atoms with Gasteiger partial charge in [-0.05, 0) is 60.6 Å². The summed E-state index contributed by atoms with van der Waals surface area (Å²) < 4.78 is 21.0. The van der Waals surface area contributed by atoms with Crippen LogP contribution in [0.4, 0.5) is 4.39 Å². The van der Waals surface area contributed by atoms with Crippen LogP contribution < -0.4 is 4.74 Å². The lowest BCUT2D eigenvalue weighted by molar-refractivity contribution is 0.306. The molecule has 0 unspecified atom stereocenters. The quantitative estimate of drug-likeness (QED) is 0.330. The second kappa shape index (κ2) is 9.23. The highest BCUT2D eigenvalue weighted by Gasteiger charge is 2.08. The lowest BCUT2D eigenvalue weighted by Crippen LogP contribution is -1.97. The molecule has 0 aliphatic carbocycles. The van der Waals surface area contributed by atoms with Gasteiger partial charge in [-0.1, -0.05) is 31.9 Å². The number of rotatable bonds is 8. The maximum absolute atomic E-state index is 13.5. The van der Waals surface area contributed by atoms with Crippen LogP contribution in [-0.2, 0) is 0 Å². The minimum Gasteiger partial charge on any atom is -0.494 e. The minimum atomic E-state index is -0.341. The lowest BCUT2D eigenvalue weighted by atomic mass is 10.2. The summed E-state index contributed by atoms with van der Waals surface area (Å²) in [6.45, 7) is 2.89. The zero-order chi connectivity index (χ0) is 19.1. The maximum atomic E-state index is 13.5. The molecule has 1 N–H and O–H groups in total. The summed E-state index contributed by atoms with van der Waals surface area (Å²) in [5, 5.41) is 11.2. The molecule has 0 saturated heterocycles. The van der Waals surface area contributed by atoms with E-state index in [1.165, 1.54) is 29.7 Å². The van der Waals surface area contributed by atoms with E-state index in [4.69, 9.17) is 17.0 Å². The summed E-state index contributed by atoms with van der Waals surface area (Å²) in [6.07, 6.45) is 5.08. The fourth-order valence-electron chi connectivity index (χ4n) is 2.53. The Kier molecular flexibility index (Phi) is 6.49. The number of aromatic nitrogens is 3. The average molecular weight is 384 g/mol. The van der Waals surface area contributed by atoms with Crippen molar-refractivity contribution in [3.8, 4) is 17.1 Å². The number of hydrogen-bond acceptors (Lipinski definition) is 4. The van der Waals surface area contributed by atoms with Crippen LogP contribution in [0.15, 0.2) is 53.6 Å². The molecular formula is C20H21FN4OS. The fraction of sp³-hybridized carbons (Fsp3) is 0.250. The van der Waals surface area contributed by atoms with Gasteiger partial charge in [0.25, 0.3) is 0 Å². The molecule has 1 heterocycles. The van der Waals surface area contributed by atoms with E-state index in [1.54, 1.807) is 18.3 Å². The smallest absolute Gasteiger partial charge is 0.216 e. The average Bonchev–Trinajstić information content (AvgIpc) is 3.05. The maximum Gasteiger partial charge on any atom is 0.216 e. The van der Waals surface area contributed by atoms with E-state index >= 15 is 0 Å². The summed E-state index contributed by atoms with van der Waals surface area (Å²) in [4.78, 5) is 0. The molecule has 0 atom stereocenters. The summed E-state index contributed by atoms with van der Waals surface area (Å²) in [5.41, 5.74) is 1.49. The van der Waals surface area contributed by atoms with E-state index in [0.717, 1.165) is 24.3 Å². The standard InChI is InChI=1S/C20H21FN4OS/c1-2-3-4-12-26-18-10-8-15(9-11-18)14-22-25-19(23-24-20(25)27)16-6-5-7-17(21)13-16/h5-11,13-14H,2-4,12H2,1H3,(H,24,27)/b22-14-. The van der Waals surface area contributed by atoms with Crippen LogP contribution in [-0.4, -0.2) is 27.7 Å². The minimum absolute atomic E-state index is 0.335. The number of halogens is 1. The Morgan fingerprint density at radius 1 is 1.22 bits per heavy atom. The highest BCUT2D eigenvalue weighted by molar-refractivity contribution is 7.71. The third kappa shape index (κ3) is 5.10. The van der Waals surface area contributed by atoms with Gasteiger partial charge in [0.2, 0.25) is 4.77 Å². The second-order valence-corrected chi connectivity index (χ2v) is 6.43. The lowest BCUT2D eigenvalue weighted by Gasteiger charge is -2.05. The van der Waals surface area contributed by atoms with Crippen molar-refractivity contribution in [1.29, 1.82) is 0 Å². The monoisotopic (exact) mass is 384 g/mol. The topological polar surface area (TPSA) is 55.2 Å². The molecule has 140 valence electrons. The van der Waals surface area contributed by atoms with Crippen LogP contribution in [0.25, 0.3) is 11.4 Å². The van der Waals surface area contributed by atoms with E-state index in [-0.39, 0.29) is 5.82 Å². The Hall–Kier alpha value is -2.80. The third-order valence-corrected chi connectivity index (χ3v) is 4.22. The van der Waals surface area contributed by atoms with Crippen LogP contribution >= 0.6 is 12.2 Å². The largest absolute Gasteiger partial charge is 0.494 e. The summed E-state index contributed by atoms with van der Waals surface area (Å²) in [5.74, 6) is 0.946. The number of benzene rings is 2. The van der Waals surface area contributed by atoms with Crippen LogP contribution in [0.3, 0.4) is 0 Å². The number of ether oxygens (including phenoxy) is 1. The van der Waals surface area contributed by atoms with Crippen LogP contribution in [0.2, 0.25) is 0 Å². The summed E-state index contributed by atoms with van der Waals surface area (Å²) in [7, 11) is 0. The molecule has 7 heteroatoms. The summed E-state index contributed by atoms with van der Waals surface area (Å²) in [6, 6.07) is 13.8. The van der Waals surface area contributed by atoms with Gasteiger partial charge < -0.3 is 4.74 Å². The first-order chi connectivity index (χ1) is 13.2. The fourth-order valence-corrected chi connectivity index (χ4v) is 2.71. The Morgan fingerprint density at radius 2 is 2.04 bits per heavy atom. The zero-order valence-electron chi connectivity index (χ0n) is 15.1. The van der Waals surface area contributed by atoms with Crippen LogP contribution in [0.1, 0.15) is 31.7 Å². The van der Waals surface area contributed by atoms with Gasteiger partial charge in [-0.25, -0.2) is 9.49 Å². The Morgan fingerprint density at radius 3 is 2.78 bits per heavy atom. The molecule has 0 fully saturated rings. The first kappa shape index (κ1) is 19.0. The molecule has 0 bridgehead atoms. The normalized spacial score (nSPS) is 11.2. The van der Waals surface area contributed by atoms with Gasteiger partial charge >= 0.3 is 0 Å². The van der Waals surface area contributed by atoms with E-state index in [0.29, 0.717) is 16.2 Å². The first-order valence-electron chi connectivity index (χ1n) is 8.88. The molecule has 2 aromatic carbocycles. The number of nitrogens with one attached hydrogen (secondary N) is 1. The highest BCUT2D eigenvalue weighted by Crippen LogP contribution is 2.18. The van der Waals surface area contributed by atoms with Crippen molar-refractivity contribution in [2.45, 2.75) is 26.2 Å². The number of aromatic amines is 1. The van der Waals surface area contributed by atoms with Gasteiger partial charge in [-0.2, -0.15) is 14.9 Å². The Balaban J connectivity index is 1.73. The van der Waals surface area contributed by atoms with Crippen molar-refractivity contribution in [2.75, 3.05) is 6.61 Å². The molecule has 0 aliphatic heterocycles. The van der Waals surface area contributed by atoms with Gasteiger partial charge in [0.1, 0.15) is 11.6 Å². The zero-order valence-corrected chi connectivity index (χ0v) is 15.9. The van der Waals surface area contributed by atoms with Crippen LogP contribution in [0.5, 0.6) is 5.75 Å². The molecule has 3 aromatic rings. The van der Waals surface area contributed by atoms with E-state index in [9.17, 15) is 4.39 Å². The summed E-state index contributed by atoms with van der Waals surface area (Å²) >= 11 is 5.23. The molecule has 1 aromatic heterocycles. The predicted octanol–water partition coefficient (Wildman–Crippen LogP) is 5.20. The second-order valence-electron chi connectivity index (χ2n) is 6.04. The highest BCUT2D eigenvalue weighted by atomic mass is 32.1. The van der Waals surface area contributed by atoms with Gasteiger partial charge in [-0.3, -0.25) is 0 Å². The molecular weight excluding hydrogens is 363 g/mol. The number of nitrogens with zero attached hydrogens (tertiary/aromatic N) is 3. The number of H-pyrrole nitrogens is 1. The molecule has 5 nitrogen and oxygen atoms in total. The van der Waals surface area contributed by atoms with E-state index < -0.39 is 0 Å². The Bertz CT molecular complexity index is 963.